The lowest BCUT2D eigenvalue weighted by molar-refractivity contribution is -0.124. The summed E-state index contributed by atoms with van der Waals surface area (Å²) >= 11 is 3.30. The van der Waals surface area contributed by atoms with Gasteiger partial charge in [0.05, 0.1) is 11.6 Å². The molecular formula is C22H24BrN3O8. The number of anilines is 1. The van der Waals surface area contributed by atoms with Gasteiger partial charge in [-0.1, -0.05) is 19.3 Å². The largest absolute Gasteiger partial charge is 0.493 e. The van der Waals surface area contributed by atoms with Gasteiger partial charge in [-0.25, -0.2) is 9.59 Å². The molecule has 12 heteroatoms. The number of benzene rings is 1. The van der Waals surface area contributed by atoms with Gasteiger partial charge in [-0.3, -0.25) is 9.59 Å². The lowest BCUT2D eigenvalue weighted by atomic mass is 9.95. The Hall–Kier alpha value is -3.54. The molecule has 1 amide bonds. The van der Waals surface area contributed by atoms with Gasteiger partial charge in [-0.15, -0.1) is 0 Å². The number of amides is 1. The molecule has 6 N–H and O–H groups in total. The summed E-state index contributed by atoms with van der Waals surface area (Å²) in [5.74, 6) is -3.71. The van der Waals surface area contributed by atoms with Gasteiger partial charge in [0.25, 0.3) is 11.5 Å². The second kappa shape index (κ2) is 10.6. The summed E-state index contributed by atoms with van der Waals surface area (Å²) in [4.78, 5) is 50.3. The first kappa shape index (κ1) is 25.1. The number of methoxy groups -OCH3 is 1. The van der Waals surface area contributed by atoms with Gasteiger partial charge in [-0.05, 0) is 46.5 Å². The second-order valence-corrected chi connectivity index (χ2v) is 8.64. The molecule has 1 aromatic heterocycles. The van der Waals surface area contributed by atoms with Gasteiger partial charge in [0.1, 0.15) is 16.9 Å². The first-order valence-electron chi connectivity index (χ1n) is 10.5. The predicted octanol–water partition coefficient (Wildman–Crippen LogP) is 2.62. The number of aromatic amines is 1. The normalized spacial score (nSPS) is 13.8. The van der Waals surface area contributed by atoms with Crippen molar-refractivity contribution < 1.29 is 34.1 Å². The third kappa shape index (κ3) is 5.33. The quantitative estimate of drug-likeness (QED) is 0.338. The van der Waals surface area contributed by atoms with Crippen LogP contribution in [0.25, 0.3) is 11.1 Å². The summed E-state index contributed by atoms with van der Waals surface area (Å²) in [6.07, 6.45) is 5.13. The van der Waals surface area contributed by atoms with Crippen molar-refractivity contribution in [3.8, 4) is 22.6 Å². The molecule has 1 aliphatic carbocycles. The summed E-state index contributed by atoms with van der Waals surface area (Å²) in [5, 5.41) is 22.1. The maximum absolute atomic E-state index is 12.3. The van der Waals surface area contributed by atoms with Crippen LogP contribution < -0.4 is 26.1 Å². The topological polar surface area (TPSA) is 181 Å². The number of carbonyl (C=O) groups is 3. The van der Waals surface area contributed by atoms with Crippen LogP contribution in [0.1, 0.15) is 52.8 Å². The highest BCUT2D eigenvalue weighted by atomic mass is 79.9. The third-order valence-electron chi connectivity index (χ3n) is 5.51. The van der Waals surface area contributed by atoms with Crippen LogP contribution >= 0.6 is 15.9 Å². The van der Waals surface area contributed by atoms with Gasteiger partial charge in [0, 0.05) is 11.6 Å². The number of H-pyrrole nitrogens is 1. The summed E-state index contributed by atoms with van der Waals surface area (Å²) in [7, 11) is 1.32. The van der Waals surface area contributed by atoms with Crippen molar-refractivity contribution in [2.24, 2.45) is 0 Å². The number of carboxylic acids is 2. The van der Waals surface area contributed by atoms with Crippen LogP contribution in [-0.2, 0) is 4.79 Å². The van der Waals surface area contributed by atoms with Gasteiger partial charge >= 0.3 is 11.9 Å². The molecule has 1 saturated carbocycles. The summed E-state index contributed by atoms with van der Waals surface area (Å²) < 4.78 is 11.2. The maximum atomic E-state index is 12.3. The van der Waals surface area contributed by atoms with E-state index in [4.69, 9.17) is 15.2 Å². The number of nitrogens with two attached hydrogens (primary N) is 1. The van der Waals surface area contributed by atoms with Crippen LogP contribution in [-0.4, -0.2) is 52.8 Å². The second-order valence-electron chi connectivity index (χ2n) is 7.78. The first-order chi connectivity index (χ1) is 16.1. The van der Waals surface area contributed by atoms with Crippen LogP contribution in [0.5, 0.6) is 11.5 Å². The van der Waals surface area contributed by atoms with Crippen LogP contribution in [0.3, 0.4) is 0 Å². The van der Waals surface area contributed by atoms with E-state index >= 15 is 0 Å². The number of rotatable bonds is 8. The van der Waals surface area contributed by atoms with Crippen molar-refractivity contribution in [3.63, 3.8) is 0 Å². The minimum absolute atomic E-state index is 0.0373. The number of pyridine rings is 1. The van der Waals surface area contributed by atoms with E-state index in [1.165, 1.54) is 19.2 Å². The lowest BCUT2D eigenvalue weighted by Crippen LogP contribution is -2.39. The van der Waals surface area contributed by atoms with E-state index in [2.05, 4.69) is 21.2 Å². The Morgan fingerprint density at radius 1 is 1.15 bits per heavy atom. The van der Waals surface area contributed by atoms with Crippen molar-refractivity contribution in [3.05, 3.63) is 38.1 Å². The highest BCUT2D eigenvalue weighted by molar-refractivity contribution is 9.10. The molecule has 2 aromatic rings. The Balaban J connectivity index is 1.98. The number of carbonyl (C=O) groups excluding carboxylic acids is 1. The van der Waals surface area contributed by atoms with E-state index < -0.39 is 34.4 Å². The Morgan fingerprint density at radius 3 is 2.38 bits per heavy atom. The SMILES string of the molecule is COc1cc(-c2c(C(=O)O)c(N)[nH]c(=O)c2C(=O)O)cc(Br)c1OCC(=O)NC1CCCCC1. The zero-order valence-electron chi connectivity index (χ0n) is 18.3. The zero-order valence-corrected chi connectivity index (χ0v) is 19.9. The summed E-state index contributed by atoms with van der Waals surface area (Å²) in [5.41, 5.74) is 2.91. The smallest absolute Gasteiger partial charge is 0.342 e. The predicted molar refractivity (Wildman–Crippen MR) is 126 cm³/mol. The molecule has 1 aliphatic rings. The van der Waals surface area contributed by atoms with Gasteiger partial charge in [-0.2, -0.15) is 0 Å². The van der Waals surface area contributed by atoms with Crippen LogP contribution in [0.15, 0.2) is 21.4 Å². The van der Waals surface area contributed by atoms with Crippen molar-refractivity contribution in [1.29, 1.82) is 0 Å². The molecule has 0 saturated heterocycles. The third-order valence-corrected chi connectivity index (χ3v) is 6.10. The molecule has 1 aromatic carbocycles. The molecule has 0 spiro atoms. The molecule has 11 nitrogen and oxygen atoms in total. The van der Waals surface area contributed by atoms with Crippen LogP contribution in [0.4, 0.5) is 5.82 Å². The number of hydrogen-bond acceptors (Lipinski definition) is 7. The van der Waals surface area contributed by atoms with E-state index in [1.54, 1.807) is 0 Å². The number of aromatic carboxylic acids is 2. The summed E-state index contributed by atoms with van der Waals surface area (Å²) in [6.45, 7) is -0.288. The number of carboxylic acid groups (broad SMARTS) is 2. The highest BCUT2D eigenvalue weighted by Crippen LogP contribution is 2.41. The Bertz CT molecular complexity index is 1190. The molecule has 0 unspecified atom stereocenters. The average molecular weight is 538 g/mol. The Kier molecular flexibility index (Phi) is 7.82. The molecule has 34 heavy (non-hydrogen) atoms. The Morgan fingerprint density at radius 2 is 1.79 bits per heavy atom. The number of hydrogen-bond donors (Lipinski definition) is 5. The molecule has 0 aliphatic heterocycles. The number of nitrogens with one attached hydrogen (secondary N) is 2. The fraction of sp³-hybridized carbons (Fsp3) is 0.364. The lowest BCUT2D eigenvalue weighted by Gasteiger charge is -2.23. The standard InChI is InChI=1S/C22H24BrN3O8/c1-33-13-8-10(15-16(21(29)30)19(24)26-20(28)17(15)22(31)32)7-12(23)18(13)34-9-14(27)25-11-5-3-2-4-6-11/h7-8,11H,2-6,9H2,1H3,(H,25,27)(H,29,30)(H,31,32)(H3,24,26,28). The molecule has 0 atom stereocenters. The zero-order chi connectivity index (χ0) is 25.0. The fourth-order valence-electron chi connectivity index (χ4n) is 3.99. The molecule has 3 rings (SSSR count). The molecule has 0 bridgehead atoms. The van der Waals surface area contributed by atoms with Crippen molar-refractivity contribution in [2.45, 2.75) is 38.1 Å². The minimum Gasteiger partial charge on any atom is -0.493 e. The molecule has 182 valence electrons. The molecular weight excluding hydrogens is 514 g/mol. The van der Waals surface area contributed by atoms with E-state index in [1.807, 2.05) is 4.98 Å². The summed E-state index contributed by atoms with van der Waals surface area (Å²) in [6, 6.07) is 2.79. The van der Waals surface area contributed by atoms with E-state index in [9.17, 15) is 29.4 Å². The minimum atomic E-state index is -1.63. The number of ether oxygens (including phenoxy) is 2. The number of nitrogen functional groups attached to an aromatic ring is 1. The first-order valence-corrected chi connectivity index (χ1v) is 11.3. The molecule has 1 heterocycles. The number of halogens is 1. The fourth-order valence-corrected chi connectivity index (χ4v) is 4.55. The average Bonchev–Trinajstić information content (AvgIpc) is 2.77. The van der Waals surface area contributed by atoms with Crippen molar-refractivity contribution in [1.82, 2.24) is 10.3 Å². The van der Waals surface area contributed by atoms with Crippen molar-refractivity contribution in [2.75, 3.05) is 19.5 Å². The molecule has 0 radical (unpaired) electrons. The maximum Gasteiger partial charge on any atom is 0.342 e. The van der Waals surface area contributed by atoms with E-state index in [0.717, 1.165) is 32.1 Å². The van der Waals surface area contributed by atoms with Crippen LogP contribution in [0.2, 0.25) is 0 Å². The number of aromatic nitrogens is 1. The van der Waals surface area contributed by atoms with E-state index in [-0.39, 0.29) is 45.7 Å². The van der Waals surface area contributed by atoms with Gasteiger partial charge in [0.15, 0.2) is 18.1 Å². The van der Waals surface area contributed by atoms with Gasteiger partial charge in [0.2, 0.25) is 0 Å². The molecule has 1 fully saturated rings. The van der Waals surface area contributed by atoms with Gasteiger partial charge < -0.3 is 35.7 Å². The van der Waals surface area contributed by atoms with Crippen LogP contribution in [0, 0.1) is 0 Å². The monoisotopic (exact) mass is 537 g/mol. The Labute approximate surface area is 202 Å². The highest BCUT2D eigenvalue weighted by Gasteiger charge is 2.28. The van der Waals surface area contributed by atoms with E-state index in [0.29, 0.717) is 0 Å². The van der Waals surface area contributed by atoms with Crippen molar-refractivity contribution >= 4 is 39.6 Å².